The van der Waals surface area contributed by atoms with Gasteiger partial charge in [-0.3, -0.25) is 0 Å². The van der Waals surface area contributed by atoms with E-state index in [1.54, 1.807) is 0 Å². The molecule has 64 valence electrons. The van der Waals surface area contributed by atoms with Crippen LogP contribution in [0.4, 0.5) is 14.4 Å². The summed E-state index contributed by atoms with van der Waals surface area (Å²) in [6.07, 6.45) is -5.64. The third kappa shape index (κ3) is 26.1. The van der Waals surface area contributed by atoms with E-state index in [2.05, 4.69) is 9.47 Å². The van der Waals surface area contributed by atoms with Crippen LogP contribution in [0.25, 0.3) is 0 Å². The summed E-state index contributed by atoms with van der Waals surface area (Å²) in [6, 6.07) is 0. The Kier molecular flexibility index (Phi) is 47.0. The van der Waals surface area contributed by atoms with Crippen molar-refractivity contribution >= 4 is 18.5 Å². The Balaban J connectivity index is -0.0000000145. The summed E-state index contributed by atoms with van der Waals surface area (Å²) >= 11 is 0. The Morgan fingerprint density at radius 3 is 1.14 bits per heavy atom. The number of hydrogen-bond donors (Lipinski definition) is 2. The van der Waals surface area contributed by atoms with Gasteiger partial charge in [0, 0.05) is 0 Å². The monoisotopic (exact) mass is 494 g/mol. The summed E-state index contributed by atoms with van der Waals surface area (Å²) in [6.45, 7) is 0. The van der Waals surface area contributed by atoms with Crippen LogP contribution in [0.3, 0.4) is 0 Å². The largest absolute Gasteiger partial charge is 1.00 e. The second kappa shape index (κ2) is 20.7. The summed E-state index contributed by atoms with van der Waals surface area (Å²) in [5.74, 6) is 0. The third-order valence-electron chi connectivity index (χ3n) is 0.341. The van der Waals surface area contributed by atoms with Gasteiger partial charge >= 0.3 is 251 Å². The molecular formula is C3H6O7Rb4. The van der Waals surface area contributed by atoms with Crippen LogP contribution in [0.2, 0.25) is 0 Å². The molecule has 0 unspecified atom stereocenters. The average molecular weight is 496 g/mol. The van der Waals surface area contributed by atoms with Gasteiger partial charge in [-0.05, 0) is 0 Å². The fourth-order valence-electron chi connectivity index (χ4n) is 0.163. The number of carboxylic acid groups (broad SMARTS) is 2. The molecule has 0 bridgehead atoms. The van der Waals surface area contributed by atoms with Crippen molar-refractivity contribution in [3.05, 3.63) is 0 Å². The number of carbonyl (C=O) groups excluding carboxylic acids is 1. The topological polar surface area (TPSA) is 110 Å². The van der Waals surface area contributed by atoms with E-state index in [0.717, 1.165) is 0 Å². The zero-order valence-corrected chi connectivity index (χ0v) is 28.1. The molecule has 7 nitrogen and oxygen atoms in total. The summed E-state index contributed by atoms with van der Waals surface area (Å²) < 4.78 is 6.47. The first kappa shape index (κ1) is 31.7. The van der Waals surface area contributed by atoms with Crippen molar-refractivity contribution in [2.45, 2.75) is 0 Å². The molecule has 0 saturated heterocycles. The maximum atomic E-state index is 9.86. The zero-order valence-electron chi connectivity index (χ0n) is 12.4. The minimum absolute atomic E-state index is 0. The molecule has 0 heterocycles. The molecule has 0 aromatic rings. The van der Waals surface area contributed by atoms with Gasteiger partial charge in [0.25, 0.3) is 0 Å². The van der Waals surface area contributed by atoms with Crippen molar-refractivity contribution in [3.63, 3.8) is 0 Å². The molecule has 0 aliphatic heterocycles. The first-order valence-corrected chi connectivity index (χ1v) is 1.88. The van der Waals surface area contributed by atoms with E-state index in [-0.39, 0.29) is 238 Å². The van der Waals surface area contributed by atoms with Gasteiger partial charge in [-0.2, -0.15) is 0 Å². The molecular weight excluding hydrogens is 490 g/mol. The molecule has 0 aromatic heterocycles. The van der Waals surface area contributed by atoms with E-state index >= 15 is 0 Å². The predicted octanol–water partition coefficient (Wildman–Crippen LogP) is -11.0. The summed E-state index contributed by atoms with van der Waals surface area (Å²) in [5, 5.41) is 15.4. The van der Waals surface area contributed by atoms with Crippen LogP contribution in [0.15, 0.2) is 0 Å². The molecule has 0 aliphatic rings. The van der Waals surface area contributed by atoms with E-state index in [1.165, 1.54) is 0 Å². The van der Waals surface area contributed by atoms with Crippen LogP contribution >= 0.6 is 0 Å². The normalized spacial score (nSPS) is 5.71. The van der Waals surface area contributed by atoms with Crippen LogP contribution < -0.4 is 233 Å². The van der Waals surface area contributed by atoms with E-state index in [9.17, 15) is 14.4 Å². The van der Waals surface area contributed by atoms with Gasteiger partial charge < -0.3 is 25.4 Å². The predicted molar refractivity (Wildman–Crippen MR) is 28.1 cm³/mol. The van der Waals surface area contributed by atoms with Gasteiger partial charge in [-0.1, -0.05) is 0 Å². The number of hydrogen-bond acceptors (Lipinski definition) is 5. The van der Waals surface area contributed by atoms with Crippen molar-refractivity contribution in [1.29, 1.82) is 0 Å². The Bertz CT molecular complexity index is 178. The van der Waals surface area contributed by atoms with E-state index in [1.807, 2.05) is 0 Å². The van der Waals surface area contributed by atoms with Gasteiger partial charge in [0.05, 0.1) is 0 Å². The second-order valence-corrected chi connectivity index (χ2v) is 0.986. The second-order valence-electron chi connectivity index (χ2n) is 0.986. The standard InChI is InChI=1S/C3H2O7.4Rb.4H/c4-1(5)9-3(8)10-2(6)7;;;;;;;;/h(H,4,5)(H,6,7);;;;;;;;/q;4*+1;4*-1. The maximum absolute atomic E-state index is 9.86. The molecule has 0 radical (unpaired) electrons. The molecule has 2 N–H and O–H groups in total. The molecule has 0 saturated carbocycles. The molecule has 0 rings (SSSR count). The Morgan fingerprint density at radius 1 is 0.786 bits per heavy atom. The summed E-state index contributed by atoms with van der Waals surface area (Å²) in [7, 11) is 0. The van der Waals surface area contributed by atoms with Crippen molar-refractivity contribution in [2.75, 3.05) is 0 Å². The zero-order chi connectivity index (χ0) is 8.15. The van der Waals surface area contributed by atoms with Crippen LogP contribution in [0, 0.1) is 0 Å². The molecule has 0 fully saturated rings. The quantitative estimate of drug-likeness (QED) is 0.254. The molecule has 14 heavy (non-hydrogen) atoms. The smallest absolute Gasteiger partial charge is 1.00 e. The fraction of sp³-hybridized carbons (Fsp3) is 0. The minimum atomic E-state index is -1.92. The fourth-order valence-corrected chi connectivity index (χ4v) is 0.163. The van der Waals surface area contributed by atoms with Gasteiger partial charge in [0.15, 0.2) is 0 Å². The Morgan fingerprint density at radius 2 is 1.00 bits per heavy atom. The van der Waals surface area contributed by atoms with Gasteiger partial charge in [-0.25, -0.2) is 14.4 Å². The first-order valence-electron chi connectivity index (χ1n) is 1.88. The SMILES string of the molecule is O=C(O)OC(=O)OC(=O)O.[H-].[H-].[H-].[H-].[Rb+].[Rb+].[Rb+].[Rb+]. The summed E-state index contributed by atoms with van der Waals surface area (Å²) in [5.41, 5.74) is 0. The van der Waals surface area contributed by atoms with Crippen molar-refractivity contribution in [1.82, 2.24) is 0 Å². The van der Waals surface area contributed by atoms with E-state index in [0.29, 0.717) is 0 Å². The van der Waals surface area contributed by atoms with Crippen LogP contribution in [0.1, 0.15) is 5.71 Å². The average Bonchev–Trinajstić information content (AvgIpc) is 1.58. The van der Waals surface area contributed by atoms with Gasteiger partial charge in [-0.15, -0.1) is 0 Å². The number of rotatable bonds is 0. The Labute approximate surface area is 281 Å². The molecule has 0 aromatic carbocycles. The van der Waals surface area contributed by atoms with E-state index < -0.39 is 18.5 Å². The molecule has 11 heteroatoms. The van der Waals surface area contributed by atoms with Crippen LogP contribution in [-0.2, 0) is 9.47 Å². The van der Waals surface area contributed by atoms with Crippen LogP contribution in [-0.4, -0.2) is 28.7 Å². The van der Waals surface area contributed by atoms with Crippen LogP contribution in [0.5, 0.6) is 0 Å². The molecule has 0 spiro atoms. The third-order valence-corrected chi connectivity index (χ3v) is 0.341. The van der Waals surface area contributed by atoms with Crippen molar-refractivity contribution in [3.8, 4) is 0 Å². The molecule has 0 atom stereocenters. The number of carbonyl (C=O) groups is 3. The summed E-state index contributed by atoms with van der Waals surface area (Å²) in [4.78, 5) is 28.8. The maximum Gasteiger partial charge on any atom is 1.00 e. The van der Waals surface area contributed by atoms with E-state index in [4.69, 9.17) is 10.2 Å². The Hall–Kier alpha value is 5.43. The van der Waals surface area contributed by atoms with Gasteiger partial charge in [0.1, 0.15) is 0 Å². The van der Waals surface area contributed by atoms with Gasteiger partial charge in [0.2, 0.25) is 0 Å². The van der Waals surface area contributed by atoms with Crippen molar-refractivity contribution < 1.29 is 273 Å². The minimum Gasteiger partial charge on any atom is -1.00 e. The number of ether oxygens (including phenoxy) is 2. The molecule has 0 amide bonds. The molecule has 0 aliphatic carbocycles. The first-order chi connectivity index (χ1) is 4.52. The van der Waals surface area contributed by atoms with Crippen molar-refractivity contribution in [2.24, 2.45) is 0 Å².